The van der Waals surface area contributed by atoms with Gasteiger partial charge in [-0.15, -0.1) is 0 Å². The van der Waals surface area contributed by atoms with E-state index in [1.54, 1.807) is 13.0 Å². The largest absolute Gasteiger partial charge is 0.492 e. The van der Waals surface area contributed by atoms with Gasteiger partial charge in [0.15, 0.2) is 0 Å². The Kier molecular flexibility index (Phi) is 7.31. The lowest BCUT2D eigenvalue weighted by atomic mass is 9.85. The average molecular weight is 450 g/mol. The molecule has 1 aliphatic rings. The Morgan fingerprint density at radius 2 is 1.88 bits per heavy atom. The summed E-state index contributed by atoms with van der Waals surface area (Å²) in [6.45, 7) is 15.0. The van der Waals surface area contributed by atoms with Crippen molar-refractivity contribution in [3.63, 3.8) is 0 Å². The maximum atomic E-state index is 12.7. The summed E-state index contributed by atoms with van der Waals surface area (Å²) in [5, 5.41) is 3.18. The van der Waals surface area contributed by atoms with Gasteiger partial charge in [-0.3, -0.25) is 4.79 Å². The van der Waals surface area contributed by atoms with Crippen LogP contribution in [0.3, 0.4) is 0 Å². The molecule has 0 bridgehead atoms. The molecule has 1 aliphatic heterocycles. The molecule has 5 heteroatoms. The van der Waals surface area contributed by atoms with E-state index in [0.29, 0.717) is 19.6 Å². The van der Waals surface area contributed by atoms with Gasteiger partial charge in [-0.25, -0.2) is 4.79 Å². The maximum Gasteiger partial charge on any atom is 0.330 e. The Balaban J connectivity index is 1.96. The van der Waals surface area contributed by atoms with Crippen molar-refractivity contribution < 1.29 is 19.1 Å². The summed E-state index contributed by atoms with van der Waals surface area (Å²) in [6.07, 6.45) is 3.67. The number of hydrogen-bond acceptors (Lipinski definition) is 4. The summed E-state index contributed by atoms with van der Waals surface area (Å²) in [5.41, 5.74) is 7.10. The summed E-state index contributed by atoms with van der Waals surface area (Å²) in [6, 6.07) is 8.10. The van der Waals surface area contributed by atoms with Gasteiger partial charge < -0.3 is 14.8 Å². The highest BCUT2D eigenvalue weighted by Crippen LogP contribution is 2.47. The van der Waals surface area contributed by atoms with E-state index in [1.807, 2.05) is 26.0 Å². The first kappa shape index (κ1) is 24.6. The van der Waals surface area contributed by atoms with Crippen LogP contribution in [0.15, 0.2) is 30.3 Å². The van der Waals surface area contributed by atoms with E-state index >= 15 is 0 Å². The first-order valence-electron chi connectivity index (χ1n) is 11.5. The van der Waals surface area contributed by atoms with Crippen LogP contribution in [0.25, 0.3) is 6.08 Å². The van der Waals surface area contributed by atoms with Gasteiger partial charge in [0.25, 0.3) is 0 Å². The molecule has 0 saturated heterocycles. The van der Waals surface area contributed by atoms with Crippen molar-refractivity contribution in [1.29, 1.82) is 0 Å². The zero-order chi connectivity index (χ0) is 24.3. The monoisotopic (exact) mass is 449 g/mol. The number of hydrogen-bond donors (Lipinski definition) is 1. The van der Waals surface area contributed by atoms with Crippen LogP contribution in [-0.2, 0) is 14.3 Å². The van der Waals surface area contributed by atoms with Gasteiger partial charge in [0, 0.05) is 29.7 Å². The number of rotatable bonds is 6. The minimum atomic E-state index is -0.352. The molecule has 0 saturated carbocycles. The Labute approximate surface area is 197 Å². The highest BCUT2D eigenvalue weighted by atomic mass is 16.5. The standard InChI is InChI=1S/C28H35NO4/c1-8-32-24(31)13-12-20-10-9-11-21(14-20)22-16-33-27-18(3)17(2)26(19(4)25(22)27)29-23(30)15-28(5,6)7/h9-14,22H,8,15-16H2,1-7H3,(H,29,30). The molecule has 1 atom stereocenters. The number of esters is 1. The molecule has 0 spiro atoms. The number of carbonyl (C=O) groups excluding carboxylic acids is 2. The van der Waals surface area contributed by atoms with Crippen LogP contribution in [0.4, 0.5) is 5.69 Å². The van der Waals surface area contributed by atoms with E-state index in [1.165, 1.54) is 6.08 Å². The fraction of sp³-hybridized carbons (Fsp3) is 0.429. The van der Waals surface area contributed by atoms with Crippen molar-refractivity contribution in [2.45, 2.75) is 60.8 Å². The third-order valence-corrected chi connectivity index (χ3v) is 6.01. The molecule has 0 fully saturated rings. The smallest absolute Gasteiger partial charge is 0.330 e. The van der Waals surface area contributed by atoms with E-state index in [2.05, 4.69) is 45.1 Å². The van der Waals surface area contributed by atoms with E-state index in [0.717, 1.165) is 44.8 Å². The Bertz CT molecular complexity index is 1090. The molecule has 0 aromatic heterocycles. The van der Waals surface area contributed by atoms with Crippen LogP contribution >= 0.6 is 0 Å². The van der Waals surface area contributed by atoms with Gasteiger partial charge in [0.05, 0.1) is 13.2 Å². The number of anilines is 1. The predicted molar refractivity (Wildman–Crippen MR) is 133 cm³/mol. The van der Waals surface area contributed by atoms with Gasteiger partial charge in [0.2, 0.25) is 5.91 Å². The minimum Gasteiger partial charge on any atom is -0.492 e. The van der Waals surface area contributed by atoms with Crippen molar-refractivity contribution in [3.8, 4) is 5.75 Å². The summed E-state index contributed by atoms with van der Waals surface area (Å²) < 4.78 is 11.1. The SMILES string of the molecule is CCOC(=O)C=Cc1cccc(C2COc3c(C)c(C)c(NC(=O)CC(C)(C)C)c(C)c32)c1. The first-order chi connectivity index (χ1) is 15.5. The van der Waals surface area contributed by atoms with Gasteiger partial charge >= 0.3 is 5.97 Å². The number of amides is 1. The summed E-state index contributed by atoms with van der Waals surface area (Å²) in [4.78, 5) is 24.4. The Morgan fingerprint density at radius 1 is 1.15 bits per heavy atom. The Morgan fingerprint density at radius 3 is 2.55 bits per heavy atom. The normalized spacial score (nSPS) is 15.3. The predicted octanol–water partition coefficient (Wildman–Crippen LogP) is 6.09. The van der Waals surface area contributed by atoms with Crippen molar-refractivity contribution in [2.75, 3.05) is 18.5 Å². The van der Waals surface area contributed by atoms with Crippen LogP contribution in [0.5, 0.6) is 5.75 Å². The topological polar surface area (TPSA) is 64.6 Å². The third kappa shape index (κ3) is 5.65. The van der Waals surface area contributed by atoms with E-state index in [-0.39, 0.29) is 23.2 Å². The number of benzene rings is 2. The van der Waals surface area contributed by atoms with Crippen LogP contribution in [-0.4, -0.2) is 25.1 Å². The van der Waals surface area contributed by atoms with Crippen LogP contribution in [0, 0.1) is 26.2 Å². The van der Waals surface area contributed by atoms with Crippen LogP contribution in [0.2, 0.25) is 0 Å². The molecule has 1 heterocycles. The molecule has 0 radical (unpaired) electrons. The van der Waals surface area contributed by atoms with E-state index in [9.17, 15) is 9.59 Å². The molecular weight excluding hydrogens is 414 g/mol. The van der Waals surface area contributed by atoms with E-state index < -0.39 is 0 Å². The molecule has 5 nitrogen and oxygen atoms in total. The molecule has 2 aromatic carbocycles. The van der Waals surface area contributed by atoms with Gasteiger partial charge in [-0.05, 0) is 67.0 Å². The highest BCUT2D eigenvalue weighted by Gasteiger charge is 2.32. The molecule has 176 valence electrons. The molecule has 0 aliphatic carbocycles. The summed E-state index contributed by atoms with van der Waals surface area (Å²) in [5.74, 6) is 0.634. The average Bonchev–Trinajstić information content (AvgIpc) is 3.18. The summed E-state index contributed by atoms with van der Waals surface area (Å²) in [7, 11) is 0. The number of ether oxygens (including phenoxy) is 2. The first-order valence-corrected chi connectivity index (χ1v) is 11.5. The fourth-order valence-electron chi connectivity index (χ4n) is 4.35. The van der Waals surface area contributed by atoms with Crippen molar-refractivity contribution in [3.05, 3.63) is 63.7 Å². The number of carbonyl (C=O) groups is 2. The van der Waals surface area contributed by atoms with Crippen molar-refractivity contribution in [1.82, 2.24) is 0 Å². The molecule has 1 amide bonds. The van der Waals surface area contributed by atoms with Crippen LogP contribution < -0.4 is 10.1 Å². The van der Waals surface area contributed by atoms with Crippen molar-refractivity contribution in [2.24, 2.45) is 5.41 Å². The lowest BCUT2D eigenvalue weighted by molar-refractivity contribution is -0.137. The molecule has 1 N–H and O–H groups in total. The van der Waals surface area contributed by atoms with E-state index in [4.69, 9.17) is 9.47 Å². The molecular formula is C28H35NO4. The second-order valence-corrected chi connectivity index (χ2v) is 9.90. The van der Waals surface area contributed by atoms with Gasteiger partial charge in [0.1, 0.15) is 5.75 Å². The number of nitrogens with one attached hydrogen (secondary N) is 1. The zero-order valence-corrected chi connectivity index (χ0v) is 20.8. The lowest BCUT2D eigenvalue weighted by Crippen LogP contribution is -2.21. The van der Waals surface area contributed by atoms with Crippen molar-refractivity contribution >= 4 is 23.6 Å². The molecule has 3 rings (SSSR count). The second-order valence-electron chi connectivity index (χ2n) is 9.90. The number of fused-ring (bicyclic) bond motifs is 1. The molecule has 33 heavy (non-hydrogen) atoms. The third-order valence-electron chi connectivity index (χ3n) is 6.01. The van der Waals surface area contributed by atoms with Gasteiger partial charge in [-0.2, -0.15) is 0 Å². The van der Waals surface area contributed by atoms with Gasteiger partial charge in [-0.1, -0.05) is 45.0 Å². The van der Waals surface area contributed by atoms with Crippen LogP contribution in [0.1, 0.15) is 73.4 Å². The maximum absolute atomic E-state index is 12.7. The lowest BCUT2D eigenvalue weighted by Gasteiger charge is -2.22. The second kappa shape index (κ2) is 9.82. The Hall–Kier alpha value is -3.08. The molecule has 1 unspecified atom stereocenters. The highest BCUT2D eigenvalue weighted by molar-refractivity contribution is 5.94. The quantitative estimate of drug-likeness (QED) is 0.428. The summed E-state index contributed by atoms with van der Waals surface area (Å²) >= 11 is 0. The molecule has 2 aromatic rings. The minimum absolute atomic E-state index is 0.0228. The fourth-order valence-corrected chi connectivity index (χ4v) is 4.35. The zero-order valence-electron chi connectivity index (χ0n) is 20.8.